The summed E-state index contributed by atoms with van der Waals surface area (Å²) in [6.07, 6.45) is 3.98. The van der Waals surface area contributed by atoms with Crippen LogP contribution in [-0.4, -0.2) is 17.1 Å². The number of fused-ring (bicyclic) bond motifs is 1. The highest BCUT2D eigenvalue weighted by atomic mass is 32.1. The summed E-state index contributed by atoms with van der Waals surface area (Å²) in [5.74, 6) is 0.335. The number of carbonyl (C=O) groups is 1. The van der Waals surface area contributed by atoms with Crippen molar-refractivity contribution >= 4 is 39.6 Å². The fourth-order valence-electron chi connectivity index (χ4n) is 2.95. The lowest BCUT2D eigenvalue weighted by molar-refractivity contribution is 0.0977. The molecule has 2 N–H and O–H groups in total. The zero-order valence-corrected chi connectivity index (χ0v) is 16.9. The number of rotatable bonds is 5. The Labute approximate surface area is 168 Å². The molecule has 1 atom stereocenters. The molecule has 2 aromatic rings. The summed E-state index contributed by atoms with van der Waals surface area (Å²) in [5.41, 5.74) is 2.23. The van der Waals surface area contributed by atoms with Crippen LogP contribution in [0.1, 0.15) is 53.1 Å². The van der Waals surface area contributed by atoms with Crippen molar-refractivity contribution in [3.8, 4) is 11.8 Å². The molecule has 27 heavy (non-hydrogen) atoms. The Morgan fingerprint density at radius 2 is 2.26 bits per heavy atom. The van der Waals surface area contributed by atoms with Crippen LogP contribution in [0.4, 0.5) is 5.00 Å². The molecule has 0 fully saturated rings. The Bertz CT molecular complexity index is 914. The highest BCUT2D eigenvalue weighted by Gasteiger charge is 2.22. The first-order chi connectivity index (χ1) is 13.0. The standard InChI is InChI=1S/C20H21N3O2S2/c1-3-12(2)25-14-7-4-6-13(10-14)18(24)22-20(26)23-19-16(11-21)15-8-5-9-17(15)27-19/h4,6-7,10,12H,3,5,8-9H2,1-2H3,(H2,22,23,24,26). The molecule has 1 aliphatic carbocycles. The number of nitrogens with zero attached hydrogens (tertiary/aromatic N) is 1. The molecule has 5 nitrogen and oxygen atoms in total. The van der Waals surface area contributed by atoms with E-state index in [1.165, 1.54) is 4.88 Å². The van der Waals surface area contributed by atoms with Crippen molar-refractivity contribution in [1.29, 1.82) is 5.26 Å². The van der Waals surface area contributed by atoms with Gasteiger partial charge in [0.15, 0.2) is 5.11 Å². The van der Waals surface area contributed by atoms with E-state index in [9.17, 15) is 10.1 Å². The molecule has 0 radical (unpaired) electrons. The highest BCUT2D eigenvalue weighted by molar-refractivity contribution is 7.80. The third kappa shape index (κ3) is 4.46. The number of amides is 1. The Balaban J connectivity index is 1.66. The van der Waals surface area contributed by atoms with Gasteiger partial charge in [0.1, 0.15) is 16.8 Å². The summed E-state index contributed by atoms with van der Waals surface area (Å²) in [6.45, 7) is 4.03. The van der Waals surface area contributed by atoms with E-state index in [2.05, 4.69) is 16.7 Å². The molecule has 1 aromatic carbocycles. The van der Waals surface area contributed by atoms with Crippen molar-refractivity contribution in [2.75, 3.05) is 5.32 Å². The maximum atomic E-state index is 12.5. The summed E-state index contributed by atoms with van der Waals surface area (Å²) < 4.78 is 5.76. The van der Waals surface area contributed by atoms with Gasteiger partial charge in [0, 0.05) is 10.4 Å². The molecule has 0 saturated carbocycles. The summed E-state index contributed by atoms with van der Waals surface area (Å²) in [6, 6.07) is 9.27. The Morgan fingerprint density at radius 1 is 1.44 bits per heavy atom. The summed E-state index contributed by atoms with van der Waals surface area (Å²) in [7, 11) is 0. The number of aryl methyl sites for hydroxylation is 1. The van der Waals surface area contributed by atoms with Gasteiger partial charge in [0.25, 0.3) is 5.91 Å². The first-order valence-corrected chi connectivity index (χ1v) is 10.2. The molecule has 0 bridgehead atoms. The van der Waals surface area contributed by atoms with Crippen LogP contribution in [0.25, 0.3) is 0 Å². The summed E-state index contributed by atoms with van der Waals surface area (Å²) in [4.78, 5) is 13.7. The fraction of sp³-hybridized carbons (Fsp3) is 0.350. The van der Waals surface area contributed by atoms with Crippen molar-refractivity contribution in [3.63, 3.8) is 0 Å². The minimum absolute atomic E-state index is 0.0798. The van der Waals surface area contributed by atoms with E-state index >= 15 is 0 Å². The number of nitrogens with one attached hydrogen (secondary N) is 2. The van der Waals surface area contributed by atoms with Crippen molar-refractivity contribution in [1.82, 2.24) is 5.32 Å². The molecule has 0 saturated heterocycles. The Kier molecular flexibility index (Phi) is 6.09. The van der Waals surface area contributed by atoms with Crippen LogP contribution in [-0.2, 0) is 12.8 Å². The van der Waals surface area contributed by atoms with Gasteiger partial charge in [-0.2, -0.15) is 5.26 Å². The summed E-state index contributed by atoms with van der Waals surface area (Å²) >= 11 is 6.81. The van der Waals surface area contributed by atoms with Gasteiger partial charge in [-0.05, 0) is 68.6 Å². The number of ether oxygens (including phenoxy) is 1. The predicted octanol–water partition coefficient (Wildman–Crippen LogP) is 4.41. The molecule has 140 valence electrons. The third-order valence-corrected chi connectivity index (χ3v) is 5.91. The van der Waals surface area contributed by atoms with Gasteiger partial charge in [0.05, 0.1) is 11.7 Å². The minimum Gasteiger partial charge on any atom is -0.491 e. The molecule has 1 aliphatic rings. The summed E-state index contributed by atoms with van der Waals surface area (Å²) in [5, 5.41) is 16.0. The van der Waals surface area contributed by atoms with Crippen LogP contribution in [0.3, 0.4) is 0 Å². The van der Waals surface area contributed by atoms with Gasteiger partial charge < -0.3 is 10.1 Å². The maximum Gasteiger partial charge on any atom is 0.257 e. The van der Waals surface area contributed by atoms with E-state index in [-0.39, 0.29) is 17.1 Å². The predicted molar refractivity (Wildman–Crippen MR) is 112 cm³/mol. The van der Waals surface area contributed by atoms with Crippen LogP contribution in [0.5, 0.6) is 5.75 Å². The number of hydrogen-bond donors (Lipinski definition) is 2. The number of anilines is 1. The normalized spacial score (nSPS) is 13.4. The molecule has 0 spiro atoms. The number of thiophene rings is 1. The van der Waals surface area contributed by atoms with Crippen molar-refractivity contribution in [3.05, 3.63) is 45.8 Å². The van der Waals surface area contributed by atoms with Gasteiger partial charge in [-0.25, -0.2) is 0 Å². The second-order valence-corrected chi connectivity index (χ2v) is 7.96. The maximum absolute atomic E-state index is 12.5. The van der Waals surface area contributed by atoms with Gasteiger partial charge in [-0.1, -0.05) is 13.0 Å². The molecule has 3 rings (SSSR count). The second kappa shape index (κ2) is 8.51. The van der Waals surface area contributed by atoms with Crippen LogP contribution in [0.15, 0.2) is 24.3 Å². The smallest absolute Gasteiger partial charge is 0.257 e. The second-order valence-electron chi connectivity index (χ2n) is 6.45. The van der Waals surface area contributed by atoms with Gasteiger partial charge >= 0.3 is 0 Å². The third-order valence-electron chi connectivity index (χ3n) is 4.50. The fourth-order valence-corrected chi connectivity index (χ4v) is 4.45. The van der Waals surface area contributed by atoms with E-state index in [1.54, 1.807) is 29.5 Å². The van der Waals surface area contributed by atoms with Crippen LogP contribution in [0, 0.1) is 11.3 Å². The molecular weight excluding hydrogens is 378 g/mol. The number of carbonyl (C=O) groups excluding carboxylic acids is 1. The van der Waals surface area contributed by atoms with Crippen molar-refractivity contribution in [2.24, 2.45) is 0 Å². The van der Waals surface area contributed by atoms with E-state index in [4.69, 9.17) is 17.0 Å². The SMILES string of the molecule is CCC(C)Oc1cccc(C(=O)NC(=S)Nc2sc3c(c2C#N)CCC3)c1. The van der Waals surface area contributed by atoms with Crippen LogP contribution in [0.2, 0.25) is 0 Å². The molecule has 1 unspecified atom stereocenters. The monoisotopic (exact) mass is 399 g/mol. The largest absolute Gasteiger partial charge is 0.491 e. The molecule has 1 aromatic heterocycles. The lowest BCUT2D eigenvalue weighted by atomic mass is 10.1. The number of nitriles is 1. The van der Waals surface area contributed by atoms with Gasteiger partial charge in [-0.15, -0.1) is 11.3 Å². The van der Waals surface area contributed by atoms with E-state index in [1.807, 2.05) is 19.9 Å². The average Bonchev–Trinajstić information content (AvgIpc) is 3.22. The average molecular weight is 400 g/mol. The van der Waals surface area contributed by atoms with E-state index in [0.29, 0.717) is 21.9 Å². The molecule has 7 heteroatoms. The quantitative estimate of drug-likeness (QED) is 0.729. The van der Waals surface area contributed by atoms with Gasteiger partial charge in [-0.3, -0.25) is 10.1 Å². The topological polar surface area (TPSA) is 74.2 Å². The Hall–Kier alpha value is -2.43. The van der Waals surface area contributed by atoms with E-state index < -0.39 is 0 Å². The first-order valence-electron chi connectivity index (χ1n) is 8.95. The highest BCUT2D eigenvalue weighted by Crippen LogP contribution is 2.38. The lowest BCUT2D eigenvalue weighted by Gasteiger charge is -2.13. The number of thiocarbonyl (C=S) groups is 1. The Morgan fingerprint density at radius 3 is 3.00 bits per heavy atom. The molecule has 1 heterocycles. The van der Waals surface area contributed by atoms with Crippen LogP contribution < -0.4 is 15.4 Å². The number of benzene rings is 1. The number of hydrogen-bond acceptors (Lipinski definition) is 5. The zero-order valence-electron chi connectivity index (χ0n) is 15.3. The van der Waals surface area contributed by atoms with E-state index in [0.717, 1.165) is 31.2 Å². The molecule has 1 amide bonds. The minimum atomic E-state index is -0.315. The van der Waals surface area contributed by atoms with Crippen molar-refractivity contribution < 1.29 is 9.53 Å². The van der Waals surface area contributed by atoms with Gasteiger partial charge in [0.2, 0.25) is 0 Å². The van der Waals surface area contributed by atoms with Crippen LogP contribution >= 0.6 is 23.6 Å². The molecular formula is C20H21N3O2S2. The zero-order chi connectivity index (χ0) is 19.4. The van der Waals surface area contributed by atoms with Crippen molar-refractivity contribution in [2.45, 2.75) is 45.6 Å². The lowest BCUT2D eigenvalue weighted by Crippen LogP contribution is -2.34. The molecule has 0 aliphatic heterocycles. The first kappa shape index (κ1) is 19.3.